The summed E-state index contributed by atoms with van der Waals surface area (Å²) in [4.78, 5) is 31.9. The van der Waals surface area contributed by atoms with Crippen LogP contribution in [0.1, 0.15) is 99.1 Å². The molecule has 0 radical (unpaired) electrons. The Morgan fingerprint density at radius 1 is 1.07 bits per heavy atom. The summed E-state index contributed by atoms with van der Waals surface area (Å²) in [6.07, 6.45) is 5.50. The number of esters is 1. The average molecular weight is 575 g/mol. The molecule has 9 heteroatoms. The van der Waals surface area contributed by atoms with E-state index >= 15 is 0 Å². The van der Waals surface area contributed by atoms with Crippen LogP contribution in [0.25, 0.3) is 0 Å². The van der Waals surface area contributed by atoms with Crippen molar-refractivity contribution in [2.45, 2.75) is 112 Å². The number of nitrogens with one attached hydrogen (secondary N) is 2. The summed E-state index contributed by atoms with van der Waals surface area (Å²) >= 11 is 5.65. The number of aromatic hydroxyl groups is 1. The molecule has 1 aliphatic rings. The maximum Gasteiger partial charge on any atom is 0.316 e. The highest BCUT2D eigenvalue weighted by atomic mass is 32.1. The number of amides is 1. The molecule has 1 aromatic carbocycles. The van der Waals surface area contributed by atoms with Gasteiger partial charge in [0.15, 0.2) is 5.11 Å². The predicted molar refractivity (Wildman–Crippen MR) is 166 cm³/mol. The first kappa shape index (κ1) is 33.5. The number of ether oxygens (including phenoxy) is 1. The highest BCUT2D eigenvalue weighted by Crippen LogP contribution is 2.37. The van der Waals surface area contributed by atoms with Crippen molar-refractivity contribution in [2.75, 3.05) is 14.1 Å². The number of likely N-dealkylation sites (N-methyl/N-ethyl adjacent to an activating group) is 1. The zero-order chi connectivity index (χ0) is 30.6. The zero-order valence-corrected chi connectivity index (χ0v) is 27.1. The van der Waals surface area contributed by atoms with Crippen LogP contribution in [-0.2, 0) is 15.0 Å². The fourth-order valence-corrected chi connectivity index (χ4v) is 4.77. The monoisotopic (exact) mass is 574 g/mol. The van der Waals surface area contributed by atoms with Gasteiger partial charge in [0.25, 0.3) is 0 Å². The Kier molecular flexibility index (Phi) is 10.8. The van der Waals surface area contributed by atoms with Crippen molar-refractivity contribution < 1.29 is 19.4 Å². The summed E-state index contributed by atoms with van der Waals surface area (Å²) in [6, 6.07) is 2.82. The molecule has 0 bridgehead atoms. The summed E-state index contributed by atoms with van der Waals surface area (Å²) in [7, 11) is 3.48. The van der Waals surface area contributed by atoms with Gasteiger partial charge in [0, 0.05) is 31.4 Å². The lowest BCUT2D eigenvalue weighted by Crippen LogP contribution is -2.57. The quantitative estimate of drug-likeness (QED) is 0.182. The first-order chi connectivity index (χ1) is 18.2. The van der Waals surface area contributed by atoms with Gasteiger partial charge in [-0.05, 0) is 68.8 Å². The molecule has 0 aliphatic heterocycles. The van der Waals surface area contributed by atoms with E-state index in [1.54, 1.807) is 58.1 Å². The van der Waals surface area contributed by atoms with Crippen molar-refractivity contribution in [2.24, 2.45) is 15.8 Å². The van der Waals surface area contributed by atoms with Crippen LogP contribution in [0.4, 0.5) is 0 Å². The molecular weight excluding hydrogens is 524 g/mol. The van der Waals surface area contributed by atoms with Crippen LogP contribution in [-0.4, -0.2) is 65.4 Å². The van der Waals surface area contributed by atoms with Crippen LogP contribution >= 0.6 is 12.2 Å². The van der Waals surface area contributed by atoms with Gasteiger partial charge in [-0.15, -0.1) is 0 Å². The summed E-state index contributed by atoms with van der Waals surface area (Å²) in [5.74, 6) is 0.123. The minimum Gasteiger partial charge on any atom is -0.507 e. The molecule has 1 aliphatic carbocycles. The average Bonchev–Trinajstić information content (AvgIpc) is 2.80. The smallest absolute Gasteiger partial charge is 0.316 e. The number of hydrogen-bond acceptors (Lipinski definition) is 6. The third-order valence-corrected chi connectivity index (χ3v) is 7.26. The fourth-order valence-electron chi connectivity index (χ4n) is 4.50. The topological polar surface area (TPSA) is 103 Å². The number of phenols is 1. The molecule has 224 valence electrons. The number of carbonyl (C=O) groups excluding carboxylic acids is 2. The van der Waals surface area contributed by atoms with Crippen molar-refractivity contribution in [3.05, 3.63) is 23.3 Å². The Bertz CT molecular complexity index is 1110. The van der Waals surface area contributed by atoms with E-state index in [0.717, 1.165) is 25.7 Å². The first-order valence-electron chi connectivity index (χ1n) is 14.1. The third kappa shape index (κ3) is 9.18. The maximum absolute atomic E-state index is 12.8. The standard InChI is InChI=1S/C31H50N4O4S/c1-29(2,3)21-17-20(39-27(38)31(7,8)9)16-19(24(21)36)18-32-22-14-12-13-15-23(22)33-28(40)34-25(30(4,5)6)26(37)35(10)11/h16-18,22-23,25,36H,12-15H2,1-11H3,(H2,33,34,40)/t22-,23-,25+/m0/s1. The van der Waals surface area contributed by atoms with Gasteiger partial charge in [-0.2, -0.15) is 0 Å². The van der Waals surface area contributed by atoms with Crippen LogP contribution in [0.15, 0.2) is 17.1 Å². The Morgan fingerprint density at radius 3 is 2.20 bits per heavy atom. The number of phenolic OH excluding ortho intramolecular Hbond substituents is 1. The fraction of sp³-hybridized carbons (Fsp3) is 0.677. The number of aliphatic imine (C=N–C) groups is 1. The molecule has 1 amide bonds. The van der Waals surface area contributed by atoms with Crippen molar-refractivity contribution >= 4 is 35.4 Å². The van der Waals surface area contributed by atoms with Crippen molar-refractivity contribution in [3.8, 4) is 11.5 Å². The van der Waals surface area contributed by atoms with Gasteiger partial charge in [0.05, 0.1) is 17.5 Å². The number of hydrogen-bond donors (Lipinski definition) is 3. The van der Waals surface area contributed by atoms with E-state index in [4.69, 9.17) is 21.9 Å². The molecule has 8 nitrogen and oxygen atoms in total. The molecule has 0 aromatic heterocycles. The van der Waals surface area contributed by atoms with Gasteiger partial charge in [0.1, 0.15) is 17.5 Å². The number of benzene rings is 1. The second-order valence-electron chi connectivity index (χ2n) is 14.2. The van der Waals surface area contributed by atoms with Gasteiger partial charge < -0.3 is 25.4 Å². The molecule has 3 atom stereocenters. The van der Waals surface area contributed by atoms with Gasteiger partial charge in [0.2, 0.25) is 5.91 Å². The molecule has 3 N–H and O–H groups in total. The molecule has 0 heterocycles. The molecule has 2 rings (SSSR count). The van der Waals surface area contributed by atoms with Crippen LogP contribution in [0.5, 0.6) is 11.5 Å². The largest absolute Gasteiger partial charge is 0.507 e. The van der Waals surface area contributed by atoms with E-state index in [2.05, 4.69) is 10.6 Å². The van der Waals surface area contributed by atoms with Crippen LogP contribution in [0, 0.1) is 10.8 Å². The molecule has 0 spiro atoms. The van der Waals surface area contributed by atoms with Gasteiger partial charge in [-0.3, -0.25) is 14.6 Å². The SMILES string of the molecule is CN(C)C(=O)[C@@H](NC(=S)N[C@H]1CCCC[C@@H]1N=Cc1cc(OC(=O)C(C)(C)C)cc(C(C)(C)C)c1O)C(C)(C)C. The summed E-state index contributed by atoms with van der Waals surface area (Å²) < 4.78 is 5.70. The number of rotatable bonds is 6. The molecule has 1 saturated carbocycles. The van der Waals surface area contributed by atoms with E-state index < -0.39 is 11.5 Å². The molecule has 0 unspecified atom stereocenters. The summed E-state index contributed by atoms with van der Waals surface area (Å²) in [6.45, 7) is 17.4. The second-order valence-corrected chi connectivity index (χ2v) is 14.6. The first-order valence-corrected chi connectivity index (χ1v) is 14.5. The molecule has 1 aromatic rings. The third-order valence-electron chi connectivity index (χ3n) is 7.02. The van der Waals surface area contributed by atoms with Crippen LogP contribution < -0.4 is 15.4 Å². The number of nitrogens with zero attached hydrogens (tertiary/aromatic N) is 2. The van der Waals surface area contributed by atoms with Crippen LogP contribution in [0.2, 0.25) is 0 Å². The Morgan fingerprint density at radius 2 is 1.68 bits per heavy atom. The summed E-state index contributed by atoms with van der Waals surface area (Å²) in [5.41, 5.74) is -0.197. The Hall–Kier alpha value is -2.68. The van der Waals surface area contributed by atoms with E-state index in [9.17, 15) is 14.7 Å². The number of thiocarbonyl (C=S) groups is 1. The minimum atomic E-state index is -0.662. The molecular formula is C31H50N4O4S. The van der Waals surface area contributed by atoms with E-state index in [-0.39, 0.29) is 40.5 Å². The van der Waals surface area contributed by atoms with Crippen molar-refractivity contribution in [1.29, 1.82) is 0 Å². The highest BCUT2D eigenvalue weighted by Gasteiger charge is 2.34. The van der Waals surface area contributed by atoms with E-state index in [1.165, 1.54) is 0 Å². The highest BCUT2D eigenvalue weighted by molar-refractivity contribution is 7.80. The lowest BCUT2D eigenvalue weighted by molar-refractivity contribution is -0.143. The van der Waals surface area contributed by atoms with E-state index in [0.29, 0.717) is 22.0 Å². The van der Waals surface area contributed by atoms with Crippen LogP contribution in [0.3, 0.4) is 0 Å². The van der Waals surface area contributed by atoms with Gasteiger partial charge in [-0.1, -0.05) is 54.4 Å². The molecule has 0 saturated heterocycles. The second kappa shape index (κ2) is 12.9. The Labute approximate surface area is 246 Å². The van der Waals surface area contributed by atoms with Crippen molar-refractivity contribution in [3.63, 3.8) is 0 Å². The van der Waals surface area contributed by atoms with Gasteiger partial charge in [-0.25, -0.2) is 0 Å². The normalized spacial score (nSPS) is 19.2. The lowest BCUT2D eigenvalue weighted by atomic mass is 9.85. The number of carbonyl (C=O) groups is 2. The molecule has 40 heavy (non-hydrogen) atoms. The van der Waals surface area contributed by atoms with Crippen molar-refractivity contribution in [1.82, 2.24) is 15.5 Å². The summed E-state index contributed by atoms with van der Waals surface area (Å²) in [5, 5.41) is 18.2. The van der Waals surface area contributed by atoms with E-state index in [1.807, 2.05) is 41.5 Å². The minimum absolute atomic E-state index is 0.0220. The molecule has 1 fully saturated rings. The maximum atomic E-state index is 12.8. The predicted octanol–water partition coefficient (Wildman–Crippen LogP) is 5.34. The Balaban J connectivity index is 2.31. The zero-order valence-electron chi connectivity index (χ0n) is 26.3. The van der Waals surface area contributed by atoms with Gasteiger partial charge >= 0.3 is 5.97 Å². The lowest BCUT2D eigenvalue weighted by Gasteiger charge is -2.35.